The molecule has 1 saturated heterocycles. The van der Waals surface area contributed by atoms with Gasteiger partial charge in [-0.05, 0) is 19.3 Å². The molecule has 0 saturated carbocycles. The Balaban J connectivity index is 1.92. The first-order chi connectivity index (χ1) is 8.83. The van der Waals surface area contributed by atoms with Crippen molar-refractivity contribution in [2.75, 3.05) is 13.2 Å². The summed E-state index contributed by atoms with van der Waals surface area (Å²) in [5.74, 6) is 3.09. The van der Waals surface area contributed by atoms with Crippen LogP contribution in [0.3, 0.4) is 0 Å². The fourth-order valence-corrected chi connectivity index (χ4v) is 2.38. The van der Waals surface area contributed by atoms with Crippen LogP contribution in [0.15, 0.2) is 12.5 Å². The van der Waals surface area contributed by atoms with E-state index in [9.17, 15) is 0 Å². The summed E-state index contributed by atoms with van der Waals surface area (Å²) in [5, 5.41) is 0. The van der Waals surface area contributed by atoms with Crippen LogP contribution < -0.4 is 5.73 Å². The molecule has 4 nitrogen and oxygen atoms in total. The number of rotatable bonds is 6. The summed E-state index contributed by atoms with van der Waals surface area (Å²) < 4.78 is 7.55. The van der Waals surface area contributed by atoms with Gasteiger partial charge >= 0.3 is 0 Å². The zero-order chi connectivity index (χ0) is 12.8. The minimum Gasteiger partial charge on any atom is -0.381 e. The summed E-state index contributed by atoms with van der Waals surface area (Å²) in [6, 6.07) is 0.0302. The number of terminal acetylenes is 1. The van der Waals surface area contributed by atoms with Crippen LogP contribution in [0.4, 0.5) is 0 Å². The Labute approximate surface area is 109 Å². The lowest BCUT2D eigenvalue weighted by molar-refractivity contribution is 0.180. The summed E-state index contributed by atoms with van der Waals surface area (Å²) in [7, 11) is 0. The highest BCUT2D eigenvalue weighted by Crippen LogP contribution is 2.26. The second-order valence-electron chi connectivity index (χ2n) is 4.82. The summed E-state index contributed by atoms with van der Waals surface area (Å²) >= 11 is 0. The molecule has 1 fully saturated rings. The first-order valence-electron chi connectivity index (χ1n) is 6.59. The predicted molar refractivity (Wildman–Crippen MR) is 70.8 cm³/mol. The molecule has 18 heavy (non-hydrogen) atoms. The zero-order valence-electron chi connectivity index (χ0n) is 10.7. The number of unbranched alkanes of at least 4 members (excludes halogenated alkanes) is 2. The molecule has 0 aliphatic carbocycles. The lowest BCUT2D eigenvalue weighted by atomic mass is 9.97. The summed E-state index contributed by atoms with van der Waals surface area (Å²) in [4.78, 5) is 4.22. The third kappa shape index (κ3) is 3.12. The molecule has 2 N–H and O–H groups in total. The Bertz CT molecular complexity index is 401. The van der Waals surface area contributed by atoms with Gasteiger partial charge in [0, 0.05) is 31.7 Å². The van der Waals surface area contributed by atoms with Gasteiger partial charge in [-0.25, -0.2) is 4.98 Å². The van der Waals surface area contributed by atoms with E-state index in [2.05, 4.69) is 15.5 Å². The number of aromatic nitrogens is 2. The first-order valence-corrected chi connectivity index (χ1v) is 6.59. The molecule has 1 aromatic rings. The van der Waals surface area contributed by atoms with Gasteiger partial charge in [-0.3, -0.25) is 0 Å². The van der Waals surface area contributed by atoms with Crippen molar-refractivity contribution >= 4 is 0 Å². The van der Waals surface area contributed by atoms with Crippen molar-refractivity contribution in [1.82, 2.24) is 9.55 Å². The number of nitrogens with zero attached hydrogens (tertiary/aromatic N) is 2. The van der Waals surface area contributed by atoms with E-state index in [1.807, 2.05) is 12.5 Å². The highest BCUT2D eigenvalue weighted by Gasteiger charge is 2.26. The molecule has 2 heterocycles. The van der Waals surface area contributed by atoms with Gasteiger partial charge < -0.3 is 15.0 Å². The highest BCUT2D eigenvalue weighted by molar-refractivity contribution is 5.07. The molecule has 1 aliphatic heterocycles. The minimum absolute atomic E-state index is 0.0302. The standard InChI is InChI=1S/C14H21N3O/c1-2-3-4-5-7-17-11-16-9-13(17)14(15)12-6-8-18-10-12/h1,9,11-12,14H,3-8,10,15H2. The summed E-state index contributed by atoms with van der Waals surface area (Å²) in [6.45, 7) is 2.54. The molecule has 2 atom stereocenters. The van der Waals surface area contributed by atoms with Crippen molar-refractivity contribution in [1.29, 1.82) is 0 Å². The minimum atomic E-state index is 0.0302. The topological polar surface area (TPSA) is 53.1 Å². The maximum absolute atomic E-state index is 6.30. The van der Waals surface area contributed by atoms with E-state index in [1.165, 1.54) is 0 Å². The molecule has 98 valence electrons. The van der Waals surface area contributed by atoms with Crippen molar-refractivity contribution in [3.05, 3.63) is 18.2 Å². The van der Waals surface area contributed by atoms with E-state index in [0.717, 1.165) is 51.1 Å². The normalized spacial score (nSPS) is 20.8. The molecule has 1 aromatic heterocycles. The highest BCUT2D eigenvalue weighted by atomic mass is 16.5. The number of ether oxygens (including phenoxy) is 1. The van der Waals surface area contributed by atoms with Crippen LogP contribution in [0.1, 0.15) is 37.4 Å². The Morgan fingerprint density at radius 2 is 2.50 bits per heavy atom. The van der Waals surface area contributed by atoms with Gasteiger partial charge in [0.15, 0.2) is 0 Å². The number of imidazole rings is 1. The monoisotopic (exact) mass is 247 g/mol. The van der Waals surface area contributed by atoms with Crippen molar-refractivity contribution in [2.45, 2.75) is 38.3 Å². The van der Waals surface area contributed by atoms with E-state index < -0.39 is 0 Å². The number of nitrogens with two attached hydrogens (primary N) is 1. The molecule has 0 bridgehead atoms. The Hall–Kier alpha value is -1.31. The number of aryl methyl sites for hydroxylation is 1. The zero-order valence-corrected chi connectivity index (χ0v) is 10.7. The third-order valence-electron chi connectivity index (χ3n) is 3.53. The van der Waals surface area contributed by atoms with Gasteiger partial charge in [0.25, 0.3) is 0 Å². The number of hydrogen-bond acceptors (Lipinski definition) is 3. The van der Waals surface area contributed by atoms with E-state index in [4.69, 9.17) is 16.9 Å². The first kappa shape index (κ1) is 13.1. The number of hydrogen-bond donors (Lipinski definition) is 1. The van der Waals surface area contributed by atoms with Crippen LogP contribution in [-0.2, 0) is 11.3 Å². The van der Waals surface area contributed by atoms with Gasteiger partial charge in [0.1, 0.15) is 0 Å². The Kier molecular flexibility index (Phi) is 4.80. The molecule has 2 rings (SSSR count). The molecule has 0 amide bonds. The van der Waals surface area contributed by atoms with Gasteiger partial charge in [-0.1, -0.05) is 0 Å². The fraction of sp³-hybridized carbons (Fsp3) is 0.643. The van der Waals surface area contributed by atoms with Gasteiger partial charge in [-0.15, -0.1) is 12.3 Å². The smallest absolute Gasteiger partial charge is 0.0948 e. The van der Waals surface area contributed by atoms with Crippen LogP contribution in [0.2, 0.25) is 0 Å². The summed E-state index contributed by atoms with van der Waals surface area (Å²) in [6.07, 6.45) is 13.0. The van der Waals surface area contributed by atoms with Crippen LogP contribution in [0.5, 0.6) is 0 Å². The largest absolute Gasteiger partial charge is 0.381 e. The fourth-order valence-electron chi connectivity index (χ4n) is 2.38. The van der Waals surface area contributed by atoms with Crippen molar-refractivity contribution in [3.8, 4) is 12.3 Å². The van der Waals surface area contributed by atoms with E-state index in [-0.39, 0.29) is 6.04 Å². The molecular weight excluding hydrogens is 226 g/mol. The van der Waals surface area contributed by atoms with Crippen molar-refractivity contribution in [2.24, 2.45) is 11.7 Å². The molecule has 0 aromatic carbocycles. The van der Waals surface area contributed by atoms with Crippen LogP contribution in [0, 0.1) is 18.3 Å². The quantitative estimate of drug-likeness (QED) is 0.615. The van der Waals surface area contributed by atoms with E-state index >= 15 is 0 Å². The van der Waals surface area contributed by atoms with Crippen molar-refractivity contribution < 1.29 is 4.74 Å². The average Bonchev–Trinajstić information content (AvgIpc) is 3.04. The predicted octanol–water partition coefficient (Wildman–Crippen LogP) is 1.72. The third-order valence-corrected chi connectivity index (χ3v) is 3.53. The average molecular weight is 247 g/mol. The van der Waals surface area contributed by atoms with Gasteiger partial charge in [0.05, 0.1) is 24.7 Å². The van der Waals surface area contributed by atoms with Crippen LogP contribution in [-0.4, -0.2) is 22.8 Å². The lowest BCUT2D eigenvalue weighted by Gasteiger charge is -2.19. The second kappa shape index (κ2) is 6.58. The molecule has 2 unspecified atom stereocenters. The van der Waals surface area contributed by atoms with Crippen LogP contribution >= 0.6 is 0 Å². The lowest BCUT2D eigenvalue weighted by Crippen LogP contribution is -2.24. The molecule has 4 heteroatoms. The molecule has 1 aliphatic rings. The Morgan fingerprint density at radius 1 is 1.61 bits per heavy atom. The van der Waals surface area contributed by atoms with Crippen LogP contribution in [0.25, 0.3) is 0 Å². The summed E-state index contributed by atoms with van der Waals surface area (Å²) in [5.41, 5.74) is 7.42. The van der Waals surface area contributed by atoms with Gasteiger partial charge in [0.2, 0.25) is 0 Å². The maximum atomic E-state index is 6.30. The molecular formula is C14H21N3O. The van der Waals surface area contributed by atoms with E-state index in [0.29, 0.717) is 5.92 Å². The maximum Gasteiger partial charge on any atom is 0.0948 e. The Morgan fingerprint density at radius 3 is 3.22 bits per heavy atom. The van der Waals surface area contributed by atoms with Crippen molar-refractivity contribution in [3.63, 3.8) is 0 Å². The van der Waals surface area contributed by atoms with E-state index in [1.54, 1.807) is 0 Å². The SMILES string of the molecule is C#CCCCCn1cncc1C(N)C1CCOC1. The molecule has 0 spiro atoms. The second-order valence-corrected chi connectivity index (χ2v) is 4.82. The van der Waals surface area contributed by atoms with Gasteiger partial charge in [-0.2, -0.15) is 0 Å². The molecule has 0 radical (unpaired) electrons.